The fourth-order valence-electron chi connectivity index (χ4n) is 5.26. The molecule has 2 aromatic carbocycles. The Labute approximate surface area is 163 Å². The molecular formula is C25H31N2+. The molecule has 4 rings (SSSR count). The van der Waals surface area contributed by atoms with Gasteiger partial charge in [-0.2, -0.15) is 4.57 Å². The molecule has 140 valence electrons. The summed E-state index contributed by atoms with van der Waals surface area (Å²) in [7, 11) is 0. The molecule has 2 nitrogen and oxygen atoms in total. The summed E-state index contributed by atoms with van der Waals surface area (Å²) in [5.41, 5.74) is 6.90. The Morgan fingerprint density at radius 1 is 0.889 bits per heavy atom. The van der Waals surface area contributed by atoms with Gasteiger partial charge in [0.25, 0.3) is 5.82 Å². The molecule has 27 heavy (non-hydrogen) atoms. The van der Waals surface area contributed by atoms with Gasteiger partial charge in [0, 0.05) is 5.41 Å². The molecule has 1 aromatic heterocycles. The molecular weight excluding hydrogens is 328 g/mol. The van der Waals surface area contributed by atoms with Crippen molar-refractivity contribution in [3.05, 3.63) is 71.5 Å². The summed E-state index contributed by atoms with van der Waals surface area (Å²) in [5, 5.41) is 0. The molecule has 2 atom stereocenters. The van der Waals surface area contributed by atoms with Crippen molar-refractivity contribution >= 4 is 0 Å². The van der Waals surface area contributed by atoms with Gasteiger partial charge in [-0.1, -0.05) is 57.2 Å². The smallest absolute Gasteiger partial charge is 0.224 e. The molecule has 1 aliphatic rings. The van der Waals surface area contributed by atoms with Crippen LogP contribution in [0.15, 0.2) is 54.9 Å². The van der Waals surface area contributed by atoms with Crippen LogP contribution in [0, 0.1) is 13.8 Å². The lowest BCUT2D eigenvalue weighted by Crippen LogP contribution is -2.67. The first-order valence-corrected chi connectivity index (χ1v) is 10.2. The molecule has 0 fully saturated rings. The van der Waals surface area contributed by atoms with E-state index in [1.165, 1.54) is 33.8 Å². The minimum absolute atomic E-state index is 0.0350. The van der Waals surface area contributed by atoms with E-state index < -0.39 is 0 Å². The molecule has 0 saturated heterocycles. The van der Waals surface area contributed by atoms with Crippen molar-refractivity contribution in [3.63, 3.8) is 0 Å². The third-order valence-corrected chi connectivity index (χ3v) is 7.38. The average molecular weight is 360 g/mol. The van der Waals surface area contributed by atoms with Crippen molar-refractivity contribution in [2.45, 2.75) is 65.3 Å². The van der Waals surface area contributed by atoms with Gasteiger partial charge in [0.15, 0.2) is 0 Å². The summed E-state index contributed by atoms with van der Waals surface area (Å²) in [4.78, 5) is 0. The molecule has 0 N–H and O–H groups in total. The van der Waals surface area contributed by atoms with Crippen LogP contribution in [0.25, 0.3) is 17.1 Å². The van der Waals surface area contributed by atoms with Crippen LogP contribution < -0.4 is 4.57 Å². The van der Waals surface area contributed by atoms with Crippen LogP contribution in [0.1, 0.15) is 57.2 Å². The second kappa shape index (κ2) is 6.09. The Morgan fingerprint density at radius 3 is 2.19 bits per heavy atom. The standard InChI is InChI=1S/C25H31N2/c1-7-24(5)21-15-10-9-14-20(21)23-26(16-17-27(23)25(24,6)8-2)22-18(3)12-11-13-19(22)4/h9-17H,7-8H2,1-6H3/q+1. The fourth-order valence-corrected chi connectivity index (χ4v) is 5.26. The summed E-state index contributed by atoms with van der Waals surface area (Å²) in [6.07, 6.45) is 6.78. The topological polar surface area (TPSA) is 8.81 Å². The molecule has 0 spiro atoms. The first kappa shape index (κ1) is 18.0. The van der Waals surface area contributed by atoms with Crippen LogP contribution in [0.5, 0.6) is 0 Å². The zero-order valence-electron chi connectivity index (χ0n) is 17.5. The second-order valence-electron chi connectivity index (χ2n) is 8.46. The molecule has 2 unspecified atom stereocenters. The predicted molar refractivity (Wildman–Crippen MR) is 112 cm³/mol. The van der Waals surface area contributed by atoms with Crippen LogP contribution in [-0.4, -0.2) is 4.57 Å². The highest BCUT2D eigenvalue weighted by atomic mass is 15.2. The van der Waals surface area contributed by atoms with E-state index in [2.05, 4.69) is 106 Å². The Balaban J connectivity index is 2.12. The van der Waals surface area contributed by atoms with Gasteiger partial charge in [-0.05, 0) is 56.4 Å². The minimum Gasteiger partial charge on any atom is -0.224 e. The summed E-state index contributed by atoms with van der Waals surface area (Å²) >= 11 is 0. The maximum absolute atomic E-state index is 2.55. The third-order valence-electron chi connectivity index (χ3n) is 7.38. The maximum Gasteiger partial charge on any atom is 0.294 e. The summed E-state index contributed by atoms with van der Waals surface area (Å²) in [6.45, 7) is 14.0. The van der Waals surface area contributed by atoms with Crippen molar-refractivity contribution < 1.29 is 4.57 Å². The van der Waals surface area contributed by atoms with Crippen molar-refractivity contribution in [2.24, 2.45) is 0 Å². The van der Waals surface area contributed by atoms with Gasteiger partial charge in [0.1, 0.15) is 23.6 Å². The highest BCUT2D eigenvalue weighted by molar-refractivity contribution is 5.66. The van der Waals surface area contributed by atoms with Gasteiger partial charge in [0.05, 0.1) is 5.56 Å². The summed E-state index contributed by atoms with van der Waals surface area (Å²) in [5.74, 6) is 1.30. The Hall–Kier alpha value is -2.35. The Bertz CT molecular complexity index is 993. The van der Waals surface area contributed by atoms with E-state index in [4.69, 9.17) is 0 Å². The van der Waals surface area contributed by atoms with E-state index in [1.807, 2.05) is 0 Å². The predicted octanol–water partition coefficient (Wildman–Crippen LogP) is 5.86. The number of para-hydroxylation sites is 1. The highest BCUT2D eigenvalue weighted by Crippen LogP contribution is 2.49. The first-order chi connectivity index (χ1) is 12.9. The van der Waals surface area contributed by atoms with E-state index in [-0.39, 0.29) is 11.0 Å². The van der Waals surface area contributed by atoms with Gasteiger partial charge in [-0.25, -0.2) is 4.57 Å². The summed E-state index contributed by atoms with van der Waals surface area (Å²) < 4.78 is 4.96. The zero-order valence-corrected chi connectivity index (χ0v) is 17.5. The fraction of sp³-hybridized carbons (Fsp3) is 0.400. The number of benzene rings is 2. The van der Waals surface area contributed by atoms with Crippen LogP contribution in [0.4, 0.5) is 0 Å². The Morgan fingerprint density at radius 2 is 1.56 bits per heavy atom. The number of aryl methyl sites for hydroxylation is 2. The average Bonchev–Trinajstić information content (AvgIpc) is 3.11. The Kier molecular flexibility index (Phi) is 4.06. The van der Waals surface area contributed by atoms with Crippen LogP contribution >= 0.6 is 0 Å². The second-order valence-corrected chi connectivity index (χ2v) is 8.46. The normalized spacial score (nSPS) is 23.8. The van der Waals surface area contributed by atoms with E-state index in [9.17, 15) is 0 Å². The van der Waals surface area contributed by atoms with Crippen molar-refractivity contribution in [2.75, 3.05) is 0 Å². The zero-order chi connectivity index (χ0) is 19.4. The molecule has 0 saturated carbocycles. The van der Waals surface area contributed by atoms with Crippen molar-refractivity contribution in [3.8, 4) is 17.1 Å². The van der Waals surface area contributed by atoms with Crippen LogP contribution in [-0.2, 0) is 11.0 Å². The van der Waals surface area contributed by atoms with Gasteiger partial charge in [-0.15, -0.1) is 0 Å². The molecule has 0 bridgehead atoms. The van der Waals surface area contributed by atoms with Crippen molar-refractivity contribution in [1.29, 1.82) is 0 Å². The molecule has 0 radical (unpaired) electrons. The molecule has 3 aromatic rings. The van der Waals surface area contributed by atoms with Gasteiger partial charge in [-0.3, -0.25) is 0 Å². The van der Waals surface area contributed by atoms with E-state index >= 15 is 0 Å². The van der Waals surface area contributed by atoms with E-state index in [0.717, 1.165) is 12.8 Å². The lowest BCUT2D eigenvalue weighted by Gasteiger charge is -2.47. The minimum atomic E-state index is 0.0350. The first-order valence-electron chi connectivity index (χ1n) is 10.2. The van der Waals surface area contributed by atoms with E-state index in [0.29, 0.717) is 0 Å². The molecule has 2 heteroatoms. The van der Waals surface area contributed by atoms with Crippen LogP contribution in [0.2, 0.25) is 0 Å². The molecule has 0 amide bonds. The SMILES string of the molecule is CCC1(C)c2ccccc2-c2n(-c3c(C)cccc3C)cc[n+]2C1(C)CC. The van der Waals surface area contributed by atoms with Crippen molar-refractivity contribution in [1.82, 2.24) is 4.57 Å². The number of rotatable bonds is 3. The largest absolute Gasteiger partial charge is 0.294 e. The maximum atomic E-state index is 2.55. The lowest BCUT2D eigenvalue weighted by molar-refractivity contribution is -0.764. The van der Waals surface area contributed by atoms with Gasteiger partial charge < -0.3 is 0 Å². The number of imidazole rings is 1. The highest BCUT2D eigenvalue weighted by Gasteiger charge is 2.55. The molecule has 2 heterocycles. The number of hydrogen-bond donors (Lipinski definition) is 0. The third kappa shape index (κ3) is 2.22. The number of aromatic nitrogens is 2. The molecule has 0 aliphatic carbocycles. The quantitative estimate of drug-likeness (QED) is 0.518. The monoisotopic (exact) mass is 359 g/mol. The van der Waals surface area contributed by atoms with Gasteiger partial charge in [0.2, 0.25) is 0 Å². The van der Waals surface area contributed by atoms with E-state index in [1.54, 1.807) is 0 Å². The van der Waals surface area contributed by atoms with Gasteiger partial charge >= 0.3 is 0 Å². The van der Waals surface area contributed by atoms with Crippen LogP contribution in [0.3, 0.4) is 0 Å². The lowest BCUT2D eigenvalue weighted by atomic mass is 9.61. The summed E-state index contributed by atoms with van der Waals surface area (Å²) in [6, 6.07) is 15.6. The number of fused-ring (bicyclic) bond motifs is 3. The number of hydrogen-bond acceptors (Lipinski definition) is 0. The molecule has 1 aliphatic heterocycles. The number of nitrogens with zero attached hydrogens (tertiary/aromatic N) is 2.